The van der Waals surface area contributed by atoms with Gasteiger partial charge in [0.1, 0.15) is 94.8 Å². The molecule has 0 spiro atoms. The van der Waals surface area contributed by atoms with Crippen molar-refractivity contribution in [3.8, 4) is 91.1 Å². The molecule has 16 bridgehead atoms. The molecule has 1 radical (unpaired) electrons. The Bertz CT molecular complexity index is 7260. The molecule has 4 N–H and O–H groups in total. The van der Waals surface area contributed by atoms with Crippen molar-refractivity contribution in [3.05, 3.63) is 146 Å². The minimum atomic E-state index is -6.15. The van der Waals surface area contributed by atoms with Crippen molar-refractivity contribution < 1.29 is 93.5 Å². The van der Waals surface area contributed by atoms with Gasteiger partial charge in [0.15, 0.2) is 46.6 Å². The van der Waals surface area contributed by atoms with Gasteiger partial charge in [-0.15, -0.1) is 0 Å². The van der Waals surface area contributed by atoms with Crippen LogP contribution in [0.15, 0.2) is 185 Å². The summed E-state index contributed by atoms with van der Waals surface area (Å²) in [7, 11) is -11.7. The maximum Gasteiger partial charge on any atom is 2.00 e. The van der Waals surface area contributed by atoms with Gasteiger partial charge in [0, 0.05) is 141 Å². The molecule has 14 aromatic rings. The van der Waals surface area contributed by atoms with Gasteiger partial charge < -0.3 is 29.0 Å². The van der Waals surface area contributed by atoms with Crippen molar-refractivity contribution in [2.45, 2.75) is 39.2 Å². The Labute approximate surface area is 669 Å². The molecule has 18 rings (SSSR count). The molecule has 6 aromatic heterocycles. The zero-order valence-electron chi connectivity index (χ0n) is 54.4. The third-order valence-corrected chi connectivity index (χ3v) is 28.3. The van der Waals surface area contributed by atoms with Crippen LogP contribution in [0.3, 0.4) is 0 Å². The van der Waals surface area contributed by atoms with Crippen molar-refractivity contribution in [1.82, 2.24) is 79.7 Å². The number of fused-ring (bicyclic) bond motifs is 40. The number of H-pyrrole nitrogens is 4. The minimum Gasteiger partial charge on any atom is -0.744 e. The topological polar surface area (TPSA) is 537 Å². The van der Waals surface area contributed by atoms with Gasteiger partial charge in [0.05, 0.1) is 20.6 Å². The molecule has 113 heavy (non-hydrogen) atoms. The SMILES string of the molecule is O=S(=O)([O-])c1c(S(=O)(=O)Cl)c(S(=O)(=O)Cl)c(S(=O)(=O)Cl)c2c3nc4nc(nc5[nH]c(nc6nc(nc([nH]3)c12)-c1ccccc1-6)c1ccccc51)-c1ccccc1-4.O=S(=O)([O-])c1c(S(=O)(=O)Cl)c(S(=O)(=O)Cl)c(S(=O)(=O)Cl)c2c3nc4nc(nc5[nH]c(nc6nc(nc([nH]3)c12)-c1ccccc1-6)c1ccccc51)-c1ccccc1-4.[Cu+2]. The van der Waals surface area contributed by atoms with Gasteiger partial charge in [-0.05, 0) is 0 Å². The average Bonchev–Trinajstić information content (AvgIpc) is 1.65. The van der Waals surface area contributed by atoms with E-state index in [0.717, 1.165) is 0 Å². The molecular formula is C64H28Cl6CuN16O18S8. The molecular weight excluding hydrogens is 1810 g/mol. The molecule has 0 fully saturated rings. The fourth-order valence-electron chi connectivity index (χ4n) is 13.4. The van der Waals surface area contributed by atoms with Gasteiger partial charge in [-0.3, -0.25) is 0 Å². The second-order valence-corrected chi connectivity index (χ2v) is 41.8. The number of halogens is 6. The first kappa shape index (κ1) is 77.2. The molecule has 0 saturated heterocycles. The number of rotatable bonds is 8. The van der Waals surface area contributed by atoms with Crippen LogP contribution in [-0.2, 0) is 91.6 Å². The van der Waals surface area contributed by atoms with Crippen molar-refractivity contribution in [3.63, 3.8) is 0 Å². The van der Waals surface area contributed by atoms with Gasteiger partial charge in [-0.25, -0.2) is 127 Å². The maximum atomic E-state index is 13.4. The Morgan fingerprint density at radius 1 is 0.212 bits per heavy atom. The van der Waals surface area contributed by atoms with Crippen LogP contribution >= 0.6 is 64.1 Å². The summed E-state index contributed by atoms with van der Waals surface area (Å²) in [5, 5.41) is -1.54. The molecule has 4 aliphatic heterocycles. The standard InChI is InChI=1S/2C32H15Cl3N8O9S4.Cu/c2*33-53(44,45)21-19-20(22(56(50,51)52)24(55(35,48)49)23(21)54(34,46)47)32-42-30-18-12-6-4-10-16(18)28(40-30)38-26-14-8-2-1-7-13(14)25(36-26)37-27-15-9-3-5-11-17(15)29(39-27)41-31(19)43-32;/h2*1-12H,(H,50,51,52)(H2,36,37,38,39,40,41,42,43);/q;;+2/p-2. The van der Waals surface area contributed by atoms with E-state index in [1.54, 1.807) is 121 Å². The number of benzene rings is 8. The van der Waals surface area contributed by atoms with Crippen LogP contribution in [0, 0.1) is 0 Å². The van der Waals surface area contributed by atoms with E-state index in [0.29, 0.717) is 88.6 Å². The molecule has 0 amide bonds. The third kappa shape index (κ3) is 13.1. The first-order valence-corrected chi connectivity index (χ1v) is 47.6. The molecule has 49 heteroatoms. The second-order valence-electron chi connectivity index (χ2n) is 24.2. The van der Waals surface area contributed by atoms with E-state index in [1.165, 1.54) is 0 Å². The predicted octanol–water partition coefficient (Wildman–Crippen LogP) is 11.1. The first-order chi connectivity index (χ1) is 52.6. The molecule has 0 unspecified atom stereocenters. The van der Waals surface area contributed by atoms with E-state index >= 15 is 0 Å². The Balaban J connectivity index is 0.000000169. The van der Waals surface area contributed by atoms with Crippen LogP contribution in [0.2, 0.25) is 0 Å². The summed E-state index contributed by atoms with van der Waals surface area (Å²) in [5.74, 6) is -0.403. The number of nitrogens with one attached hydrogen (secondary N) is 4. The minimum absolute atomic E-state index is 0. The van der Waals surface area contributed by atoms with Crippen LogP contribution in [0.25, 0.3) is 179 Å². The van der Waals surface area contributed by atoms with Gasteiger partial charge in [0.2, 0.25) is 0 Å². The Kier molecular flexibility index (Phi) is 18.2. The summed E-state index contributed by atoms with van der Waals surface area (Å²) in [4.78, 5) is 52.4. The fraction of sp³-hybridized carbons (Fsp3) is 0. The predicted molar refractivity (Wildman–Crippen MR) is 406 cm³/mol. The van der Waals surface area contributed by atoms with Crippen LogP contribution in [0.1, 0.15) is 0 Å². The van der Waals surface area contributed by atoms with Crippen LogP contribution < -0.4 is 0 Å². The monoisotopic (exact) mass is 1840 g/mol. The largest absolute Gasteiger partial charge is 2.00 e. The van der Waals surface area contributed by atoms with Crippen molar-refractivity contribution in [1.29, 1.82) is 0 Å². The molecule has 0 atom stereocenters. The Morgan fingerprint density at radius 3 is 0.540 bits per heavy atom. The van der Waals surface area contributed by atoms with Crippen LogP contribution in [0.5, 0.6) is 0 Å². The van der Waals surface area contributed by atoms with Crippen molar-refractivity contribution >= 4 is 227 Å². The molecule has 573 valence electrons. The number of aromatic nitrogens is 16. The number of hydrogen-bond donors (Lipinski definition) is 4. The Morgan fingerprint density at radius 2 is 0.363 bits per heavy atom. The second kappa shape index (κ2) is 26.7. The van der Waals surface area contributed by atoms with Gasteiger partial charge in [-0.2, -0.15) is 0 Å². The molecule has 8 aromatic carbocycles. The summed E-state index contributed by atoms with van der Waals surface area (Å²) < 4.78 is 238. The van der Waals surface area contributed by atoms with E-state index < -0.39 is 158 Å². The van der Waals surface area contributed by atoms with E-state index in [2.05, 4.69) is 59.8 Å². The molecule has 0 saturated carbocycles. The van der Waals surface area contributed by atoms with E-state index in [1.807, 2.05) is 24.3 Å². The van der Waals surface area contributed by atoms with Gasteiger partial charge in [-0.1, -0.05) is 146 Å². The summed E-state index contributed by atoms with van der Waals surface area (Å²) in [6.07, 6.45) is 0. The van der Waals surface area contributed by atoms with Crippen molar-refractivity contribution in [2.24, 2.45) is 0 Å². The summed E-state index contributed by atoms with van der Waals surface area (Å²) in [6.45, 7) is 0. The number of aromatic amines is 4. The third-order valence-electron chi connectivity index (χ3n) is 17.6. The Hall–Kier alpha value is -9.74. The van der Waals surface area contributed by atoms with E-state index in [9.17, 15) is 76.4 Å². The first-order valence-electron chi connectivity index (χ1n) is 30.9. The fourth-order valence-corrected chi connectivity index (χ4v) is 27.4. The smallest absolute Gasteiger partial charge is 0.744 e. The van der Waals surface area contributed by atoms with Gasteiger partial charge in [0.25, 0.3) is 54.3 Å². The zero-order valence-corrected chi connectivity index (χ0v) is 66.4. The molecule has 34 nitrogen and oxygen atoms in total. The number of hydrogen-bond acceptors (Lipinski definition) is 30. The summed E-state index contributed by atoms with van der Waals surface area (Å²) in [6, 6.07) is 40.6. The normalized spacial score (nSPS) is 13.1. The number of nitrogens with zero attached hydrogens (tertiary/aromatic N) is 12. The van der Waals surface area contributed by atoms with Crippen LogP contribution in [0.4, 0.5) is 0 Å². The average molecular weight is 1840 g/mol. The summed E-state index contributed by atoms with van der Waals surface area (Å²) in [5.41, 5.74) is 1.38. The summed E-state index contributed by atoms with van der Waals surface area (Å²) >= 11 is 0. The molecule has 4 aliphatic rings. The van der Waals surface area contributed by atoms with Crippen LogP contribution in [-0.4, -0.2) is 156 Å². The molecule has 10 heterocycles. The maximum absolute atomic E-state index is 13.4. The van der Waals surface area contributed by atoms with E-state index in [-0.39, 0.29) is 63.7 Å². The van der Waals surface area contributed by atoms with Crippen molar-refractivity contribution in [2.75, 3.05) is 0 Å². The molecule has 0 aliphatic carbocycles. The van der Waals surface area contributed by atoms with Gasteiger partial charge >= 0.3 is 17.1 Å². The van der Waals surface area contributed by atoms with E-state index in [4.69, 9.17) is 84.0 Å². The quantitative estimate of drug-likeness (QED) is 0.0623. The zero-order chi connectivity index (χ0) is 79.4.